The van der Waals surface area contributed by atoms with Crippen LogP contribution in [0.4, 0.5) is 5.82 Å². The summed E-state index contributed by atoms with van der Waals surface area (Å²) in [7, 11) is 1.70. The predicted octanol–water partition coefficient (Wildman–Crippen LogP) is 1.69. The van der Waals surface area contributed by atoms with Gasteiger partial charge in [-0.3, -0.25) is 0 Å². The van der Waals surface area contributed by atoms with Gasteiger partial charge < -0.3 is 10.2 Å². The summed E-state index contributed by atoms with van der Waals surface area (Å²) in [5.74, 6) is 8.57. The number of hydrogen-bond acceptors (Lipinski definition) is 6. The third-order valence-corrected chi connectivity index (χ3v) is 3.77. The molecule has 0 saturated heterocycles. The Balaban J connectivity index is 2.18. The maximum Gasteiger partial charge on any atom is 0.147 e. The Bertz CT molecular complexity index is 395. The Hall–Kier alpha value is -0.850. The van der Waals surface area contributed by atoms with E-state index in [0.717, 1.165) is 34.6 Å². The van der Waals surface area contributed by atoms with E-state index in [4.69, 9.17) is 10.6 Å². The van der Waals surface area contributed by atoms with Crippen LogP contribution in [0.5, 0.6) is 0 Å². The average Bonchev–Trinajstić information content (AvgIpc) is 3.15. The van der Waals surface area contributed by atoms with Crippen LogP contribution in [0.25, 0.3) is 0 Å². The van der Waals surface area contributed by atoms with Gasteiger partial charge in [0.1, 0.15) is 16.7 Å². The third kappa shape index (κ3) is 3.08. The van der Waals surface area contributed by atoms with Gasteiger partial charge in [-0.25, -0.2) is 15.8 Å². The summed E-state index contributed by atoms with van der Waals surface area (Å²) in [4.78, 5) is 9.07. The molecule has 3 N–H and O–H groups in total. The van der Waals surface area contributed by atoms with Crippen LogP contribution in [-0.4, -0.2) is 29.4 Å². The van der Waals surface area contributed by atoms with Gasteiger partial charge in [-0.05, 0) is 19.8 Å². The quantitative estimate of drug-likeness (QED) is 0.264. The zero-order chi connectivity index (χ0) is 12.3. The van der Waals surface area contributed by atoms with E-state index in [0.29, 0.717) is 5.92 Å². The van der Waals surface area contributed by atoms with Crippen LogP contribution >= 0.6 is 11.8 Å². The fourth-order valence-electron chi connectivity index (χ4n) is 1.54. The van der Waals surface area contributed by atoms with Gasteiger partial charge in [-0.1, -0.05) is 0 Å². The second kappa shape index (κ2) is 5.66. The molecule has 0 unspecified atom stereocenters. The van der Waals surface area contributed by atoms with E-state index < -0.39 is 0 Å². The highest BCUT2D eigenvalue weighted by Gasteiger charge is 2.28. The molecule has 1 aromatic rings. The van der Waals surface area contributed by atoms with Gasteiger partial charge in [0.15, 0.2) is 0 Å². The lowest BCUT2D eigenvalue weighted by Gasteiger charge is -2.11. The van der Waals surface area contributed by atoms with Gasteiger partial charge in [0, 0.05) is 24.3 Å². The number of nitrogens with one attached hydrogen (secondary N) is 1. The van der Waals surface area contributed by atoms with Crippen molar-refractivity contribution in [3.8, 4) is 0 Å². The molecule has 0 bridgehead atoms. The molecule has 1 fully saturated rings. The van der Waals surface area contributed by atoms with E-state index in [1.807, 2.05) is 6.92 Å². The van der Waals surface area contributed by atoms with Crippen molar-refractivity contribution in [2.75, 3.05) is 24.9 Å². The maximum absolute atomic E-state index is 5.49. The van der Waals surface area contributed by atoms with Crippen LogP contribution in [0, 0.1) is 6.92 Å². The normalized spacial score (nSPS) is 15.0. The summed E-state index contributed by atoms with van der Waals surface area (Å²) in [5, 5.41) is 1.01. The minimum Gasteiger partial charge on any atom is -0.384 e. The first kappa shape index (κ1) is 12.6. The van der Waals surface area contributed by atoms with Crippen molar-refractivity contribution in [3.05, 3.63) is 11.4 Å². The Kier molecular flexibility index (Phi) is 4.20. The van der Waals surface area contributed by atoms with Crippen LogP contribution in [0.3, 0.4) is 0 Å². The molecule has 1 aliphatic carbocycles. The lowest BCUT2D eigenvalue weighted by atomic mass is 10.3. The Morgan fingerprint density at radius 1 is 1.47 bits per heavy atom. The second-order valence-corrected chi connectivity index (χ2v) is 5.20. The second-order valence-electron chi connectivity index (χ2n) is 4.12. The average molecular weight is 254 g/mol. The molecule has 1 aliphatic rings. The molecule has 0 spiro atoms. The number of aromatic nitrogens is 2. The number of hydrogen-bond donors (Lipinski definition) is 2. The lowest BCUT2D eigenvalue weighted by molar-refractivity contribution is 0.218. The number of nitrogens with two attached hydrogens (primary N) is 1. The zero-order valence-electron chi connectivity index (χ0n) is 10.2. The van der Waals surface area contributed by atoms with E-state index >= 15 is 0 Å². The summed E-state index contributed by atoms with van der Waals surface area (Å²) in [6, 6.07) is 0. The monoisotopic (exact) mass is 254 g/mol. The largest absolute Gasteiger partial charge is 0.384 e. The first-order valence-corrected chi connectivity index (χ1v) is 6.71. The number of thioether (sulfide) groups is 1. The van der Waals surface area contributed by atoms with E-state index in [9.17, 15) is 0 Å². The smallest absolute Gasteiger partial charge is 0.147 e. The number of rotatable bonds is 6. The van der Waals surface area contributed by atoms with Crippen molar-refractivity contribution >= 4 is 17.6 Å². The highest BCUT2D eigenvalue weighted by atomic mass is 32.2. The molecule has 1 heterocycles. The third-order valence-electron chi connectivity index (χ3n) is 2.72. The van der Waals surface area contributed by atoms with Crippen LogP contribution in [0.1, 0.15) is 30.1 Å². The van der Waals surface area contributed by atoms with Crippen molar-refractivity contribution < 1.29 is 4.74 Å². The van der Waals surface area contributed by atoms with Crippen LogP contribution in [0.15, 0.2) is 5.03 Å². The van der Waals surface area contributed by atoms with Crippen molar-refractivity contribution in [2.45, 2.75) is 30.7 Å². The number of hydrazine groups is 1. The summed E-state index contributed by atoms with van der Waals surface area (Å²) < 4.78 is 5.05. The Morgan fingerprint density at radius 3 is 2.82 bits per heavy atom. The van der Waals surface area contributed by atoms with E-state index in [1.54, 1.807) is 18.9 Å². The Morgan fingerprint density at radius 2 is 2.24 bits per heavy atom. The van der Waals surface area contributed by atoms with Gasteiger partial charge in [0.2, 0.25) is 0 Å². The van der Waals surface area contributed by atoms with Crippen molar-refractivity contribution in [1.82, 2.24) is 9.97 Å². The molecule has 17 heavy (non-hydrogen) atoms. The molecule has 0 radical (unpaired) electrons. The molecule has 2 rings (SSSR count). The van der Waals surface area contributed by atoms with Crippen LogP contribution in [0.2, 0.25) is 0 Å². The number of ether oxygens (including phenoxy) is 1. The van der Waals surface area contributed by atoms with Crippen molar-refractivity contribution in [1.29, 1.82) is 0 Å². The molecule has 1 saturated carbocycles. The Labute approximate surface area is 106 Å². The van der Waals surface area contributed by atoms with Gasteiger partial charge >= 0.3 is 0 Å². The molecule has 0 amide bonds. The molecular weight excluding hydrogens is 236 g/mol. The number of nitrogens with zero attached hydrogens (tertiary/aromatic N) is 2. The summed E-state index contributed by atoms with van der Waals surface area (Å²) >= 11 is 1.69. The van der Waals surface area contributed by atoms with Gasteiger partial charge in [-0.15, -0.1) is 11.8 Å². The molecule has 94 valence electrons. The number of anilines is 1. The fourth-order valence-corrected chi connectivity index (χ4v) is 2.45. The highest BCUT2D eigenvalue weighted by molar-refractivity contribution is 7.99. The minimum atomic E-state index is 0.532. The number of nitrogen functional groups attached to an aromatic ring is 1. The molecule has 0 aromatic carbocycles. The molecule has 1 aromatic heterocycles. The first-order valence-electron chi connectivity index (χ1n) is 5.73. The fraction of sp³-hybridized carbons (Fsp3) is 0.636. The van der Waals surface area contributed by atoms with E-state index in [-0.39, 0.29) is 0 Å². The first-order chi connectivity index (χ1) is 8.26. The minimum absolute atomic E-state index is 0.532. The topological polar surface area (TPSA) is 73.1 Å². The summed E-state index contributed by atoms with van der Waals surface area (Å²) in [6.07, 6.45) is 2.38. The van der Waals surface area contributed by atoms with Crippen LogP contribution in [-0.2, 0) is 4.74 Å². The standard InChI is InChI=1S/C11H18N4OS/c1-7-9(15-12)13-10(8-3-4-8)14-11(7)17-6-5-16-2/h8H,3-6,12H2,1-2H3,(H,13,14,15). The molecule has 5 nitrogen and oxygen atoms in total. The molecule has 0 aliphatic heterocycles. The van der Waals surface area contributed by atoms with Gasteiger partial charge in [-0.2, -0.15) is 0 Å². The highest BCUT2D eigenvalue weighted by Crippen LogP contribution is 2.39. The molecular formula is C11H18N4OS. The predicted molar refractivity (Wildman–Crippen MR) is 69.2 cm³/mol. The number of methoxy groups -OCH3 is 1. The summed E-state index contributed by atoms with van der Waals surface area (Å²) in [5.41, 5.74) is 3.67. The maximum atomic E-state index is 5.49. The SMILES string of the molecule is COCCSc1nc(C2CC2)nc(NN)c1C. The van der Waals surface area contributed by atoms with Crippen LogP contribution < -0.4 is 11.3 Å². The zero-order valence-corrected chi connectivity index (χ0v) is 11.0. The van der Waals surface area contributed by atoms with Gasteiger partial charge in [0.25, 0.3) is 0 Å². The molecule has 6 heteroatoms. The van der Waals surface area contributed by atoms with Gasteiger partial charge in [0.05, 0.1) is 6.61 Å². The van der Waals surface area contributed by atoms with Crippen molar-refractivity contribution in [3.63, 3.8) is 0 Å². The van der Waals surface area contributed by atoms with E-state index in [1.165, 1.54) is 12.8 Å². The molecule has 0 atom stereocenters. The lowest BCUT2D eigenvalue weighted by Crippen LogP contribution is -2.13. The van der Waals surface area contributed by atoms with E-state index in [2.05, 4.69) is 15.4 Å². The summed E-state index contributed by atoms with van der Waals surface area (Å²) in [6.45, 7) is 2.71. The van der Waals surface area contributed by atoms with Crippen molar-refractivity contribution in [2.24, 2.45) is 5.84 Å².